The highest BCUT2D eigenvalue weighted by Gasteiger charge is 2.09. The summed E-state index contributed by atoms with van der Waals surface area (Å²) in [6.07, 6.45) is 3.96. The lowest BCUT2D eigenvalue weighted by Crippen LogP contribution is -1.93. The van der Waals surface area contributed by atoms with Crippen LogP contribution in [-0.2, 0) is 0 Å². The van der Waals surface area contributed by atoms with Gasteiger partial charge in [-0.15, -0.1) is 0 Å². The maximum Gasteiger partial charge on any atom is 0.140 e. The molecule has 0 fully saturated rings. The molecule has 0 aliphatic carbocycles. The van der Waals surface area contributed by atoms with Crippen molar-refractivity contribution in [2.75, 3.05) is 0 Å². The van der Waals surface area contributed by atoms with E-state index in [9.17, 15) is 0 Å². The second-order valence-electron chi connectivity index (χ2n) is 1.97. The van der Waals surface area contributed by atoms with Gasteiger partial charge in [0.1, 0.15) is 7.91 Å². The van der Waals surface area contributed by atoms with Crippen molar-refractivity contribution in [1.82, 2.24) is 10.2 Å². The number of nitrogens with one attached hydrogen (secondary N) is 2. The molecule has 2 rings (SSSR count). The lowest BCUT2D eigenvalue weighted by atomic mass is 10.7. The Bertz CT molecular complexity index is 222. The molecular weight excluding hydrogens is 162 g/mol. The smallest absolute Gasteiger partial charge is 0.140 e. The van der Waals surface area contributed by atoms with E-state index in [1.54, 1.807) is 0 Å². The number of hydrogen-bond acceptors (Lipinski definition) is 2. The van der Waals surface area contributed by atoms with Crippen molar-refractivity contribution < 1.29 is 0 Å². The second kappa shape index (κ2) is 2.65. The molecule has 2 N–H and O–H groups in total. The summed E-state index contributed by atoms with van der Waals surface area (Å²) in [6.45, 7) is 0. The fraction of sp³-hybridized carbons (Fsp3) is 0. The van der Waals surface area contributed by atoms with Crippen LogP contribution in [0.5, 0.6) is 0 Å². The first-order valence-corrected chi connectivity index (χ1v) is 6.60. The summed E-state index contributed by atoms with van der Waals surface area (Å²) in [6, 6.07) is 4.24. The SMILES string of the molecule is C1=CNP(p2cccc2)N1. The van der Waals surface area contributed by atoms with Gasteiger partial charge in [0.2, 0.25) is 0 Å². The largest absolute Gasteiger partial charge is 0.346 e. The van der Waals surface area contributed by atoms with Crippen molar-refractivity contribution in [2.45, 2.75) is 0 Å². The van der Waals surface area contributed by atoms with Gasteiger partial charge in [-0.1, -0.05) is 19.4 Å². The molecule has 1 aliphatic heterocycles. The zero-order chi connectivity index (χ0) is 6.81. The molecule has 2 nitrogen and oxygen atoms in total. The second-order valence-corrected chi connectivity index (χ2v) is 7.05. The van der Waals surface area contributed by atoms with E-state index >= 15 is 0 Å². The highest BCUT2D eigenvalue weighted by atomic mass is 32.1. The van der Waals surface area contributed by atoms with Gasteiger partial charge in [0.05, 0.1) is 0 Å². The van der Waals surface area contributed by atoms with E-state index in [1.807, 2.05) is 12.4 Å². The standard InChI is InChI=1S/C6H8N2P2/c1-2-6-9(5-1)10-7-3-4-8-10/h1-8H. The first-order valence-electron chi connectivity index (χ1n) is 3.07. The molecule has 1 aromatic heterocycles. The van der Waals surface area contributed by atoms with E-state index in [2.05, 4.69) is 33.9 Å². The van der Waals surface area contributed by atoms with Crippen LogP contribution in [0.2, 0.25) is 0 Å². The summed E-state index contributed by atoms with van der Waals surface area (Å²) >= 11 is 0. The maximum absolute atomic E-state index is 3.30. The zero-order valence-corrected chi connectivity index (χ0v) is 7.15. The van der Waals surface area contributed by atoms with Crippen LogP contribution in [-0.4, -0.2) is 0 Å². The average molecular weight is 170 g/mol. The predicted molar refractivity (Wildman–Crippen MR) is 46.9 cm³/mol. The minimum atomic E-state index is -0.166. The van der Waals surface area contributed by atoms with E-state index in [4.69, 9.17) is 0 Å². The lowest BCUT2D eigenvalue weighted by molar-refractivity contribution is 1.44. The van der Waals surface area contributed by atoms with Crippen molar-refractivity contribution in [2.24, 2.45) is 0 Å². The Morgan fingerprint density at radius 3 is 2.10 bits per heavy atom. The van der Waals surface area contributed by atoms with Crippen LogP contribution < -0.4 is 10.2 Å². The minimum absolute atomic E-state index is 0.0273. The van der Waals surface area contributed by atoms with Gasteiger partial charge >= 0.3 is 0 Å². The van der Waals surface area contributed by atoms with Crippen molar-refractivity contribution in [3.8, 4) is 0 Å². The van der Waals surface area contributed by atoms with Gasteiger partial charge in [-0.3, -0.25) is 0 Å². The highest BCUT2D eigenvalue weighted by molar-refractivity contribution is 8.23. The van der Waals surface area contributed by atoms with Gasteiger partial charge in [-0.05, 0) is 11.6 Å². The Kier molecular flexibility index (Phi) is 1.66. The molecule has 2 heterocycles. The van der Waals surface area contributed by atoms with Gasteiger partial charge in [0.15, 0.2) is 0 Å². The van der Waals surface area contributed by atoms with E-state index in [-0.39, 0.29) is 15.1 Å². The normalized spacial score (nSPS) is 16.8. The molecule has 0 saturated heterocycles. The summed E-state index contributed by atoms with van der Waals surface area (Å²) in [5.41, 5.74) is 0. The Morgan fingerprint density at radius 2 is 1.50 bits per heavy atom. The first kappa shape index (κ1) is 6.27. The van der Waals surface area contributed by atoms with Gasteiger partial charge in [-0.2, -0.15) is 0 Å². The molecule has 0 radical (unpaired) electrons. The molecule has 1 aromatic rings. The molecular formula is C6H8N2P2. The molecule has 0 unspecified atom stereocenters. The van der Waals surface area contributed by atoms with Crippen molar-refractivity contribution in [3.05, 3.63) is 36.1 Å². The fourth-order valence-corrected chi connectivity index (χ4v) is 5.00. The topological polar surface area (TPSA) is 24.1 Å². The molecule has 0 spiro atoms. The van der Waals surface area contributed by atoms with Crippen LogP contribution in [0, 0.1) is 0 Å². The third kappa shape index (κ3) is 1.05. The summed E-state index contributed by atoms with van der Waals surface area (Å²) < 4.78 is 0. The predicted octanol–water partition coefficient (Wildman–Crippen LogP) is 2.41. The Morgan fingerprint density at radius 1 is 0.900 bits per heavy atom. The molecule has 0 bridgehead atoms. The Hall–Kier alpha value is -0.450. The van der Waals surface area contributed by atoms with Crippen LogP contribution in [0.4, 0.5) is 0 Å². The van der Waals surface area contributed by atoms with E-state index in [0.29, 0.717) is 0 Å². The molecule has 0 amide bonds. The minimum Gasteiger partial charge on any atom is -0.346 e. The molecule has 0 aromatic carbocycles. The van der Waals surface area contributed by atoms with E-state index < -0.39 is 0 Å². The third-order valence-electron chi connectivity index (χ3n) is 1.30. The summed E-state index contributed by atoms with van der Waals surface area (Å²) in [4.78, 5) is 0. The molecule has 0 atom stereocenters. The van der Waals surface area contributed by atoms with Crippen molar-refractivity contribution in [1.29, 1.82) is 0 Å². The van der Waals surface area contributed by atoms with Crippen LogP contribution in [0.15, 0.2) is 36.1 Å². The van der Waals surface area contributed by atoms with Crippen LogP contribution in [0.3, 0.4) is 0 Å². The zero-order valence-electron chi connectivity index (χ0n) is 5.36. The molecule has 52 valence electrons. The van der Waals surface area contributed by atoms with Crippen molar-refractivity contribution >= 4 is 15.1 Å². The summed E-state index contributed by atoms with van der Waals surface area (Å²) in [7, 11) is -0.193. The van der Waals surface area contributed by atoms with Gasteiger partial charge in [-0.25, -0.2) is 0 Å². The molecule has 0 saturated carbocycles. The highest BCUT2D eigenvalue weighted by Crippen LogP contribution is 2.57. The Balaban J connectivity index is 2.14. The van der Waals surface area contributed by atoms with Crippen molar-refractivity contribution in [3.63, 3.8) is 0 Å². The summed E-state index contributed by atoms with van der Waals surface area (Å²) in [5.74, 6) is 4.54. The quantitative estimate of drug-likeness (QED) is 0.632. The Labute approximate surface area is 62.1 Å². The number of rotatable bonds is 1. The molecule has 4 heteroatoms. The molecule has 1 aliphatic rings. The van der Waals surface area contributed by atoms with E-state index in [1.165, 1.54) is 0 Å². The van der Waals surface area contributed by atoms with Crippen LogP contribution >= 0.6 is 15.1 Å². The van der Waals surface area contributed by atoms with Gasteiger partial charge in [0, 0.05) is 12.4 Å². The fourth-order valence-electron chi connectivity index (χ4n) is 0.845. The monoisotopic (exact) mass is 170 g/mol. The first-order chi connectivity index (χ1) is 4.97. The third-order valence-corrected chi connectivity index (χ3v) is 6.38. The molecule has 10 heavy (non-hydrogen) atoms. The summed E-state index contributed by atoms with van der Waals surface area (Å²) in [5, 5.41) is 6.60. The number of hydrogen-bond donors (Lipinski definition) is 2. The van der Waals surface area contributed by atoms with Crippen LogP contribution in [0.25, 0.3) is 0 Å². The van der Waals surface area contributed by atoms with Gasteiger partial charge < -0.3 is 10.2 Å². The van der Waals surface area contributed by atoms with Gasteiger partial charge in [0.25, 0.3) is 0 Å². The average Bonchev–Trinajstić information content (AvgIpc) is 2.59. The van der Waals surface area contributed by atoms with E-state index in [0.717, 1.165) is 0 Å². The van der Waals surface area contributed by atoms with Crippen LogP contribution in [0.1, 0.15) is 0 Å². The lowest BCUT2D eigenvalue weighted by Gasteiger charge is -2.08. The maximum atomic E-state index is 3.30.